The lowest BCUT2D eigenvalue weighted by atomic mass is 9.98. The number of amides is 1. The second-order valence-electron chi connectivity index (χ2n) is 7.89. The Balaban J connectivity index is 1.43. The summed E-state index contributed by atoms with van der Waals surface area (Å²) in [5.41, 5.74) is 3.26. The number of nitrogens with zero attached hydrogens (tertiary/aromatic N) is 6. The smallest absolute Gasteiger partial charge is 0.269 e. The van der Waals surface area contributed by atoms with Gasteiger partial charge in [0.1, 0.15) is 6.04 Å². The number of benzene rings is 1. The number of nitro benzene ring substituents is 1. The van der Waals surface area contributed by atoms with E-state index in [1.807, 2.05) is 25.1 Å². The van der Waals surface area contributed by atoms with Crippen LogP contribution in [-0.2, 0) is 10.5 Å². The van der Waals surface area contributed by atoms with E-state index in [-0.39, 0.29) is 11.6 Å². The van der Waals surface area contributed by atoms with Crippen molar-refractivity contribution < 1.29 is 9.72 Å². The van der Waals surface area contributed by atoms with Crippen molar-refractivity contribution in [3.05, 3.63) is 106 Å². The van der Waals surface area contributed by atoms with E-state index in [1.165, 1.54) is 23.9 Å². The molecule has 1 aliphatic rings. The Kier molecular flexibility index (Phi) is 6.41. The summed E-state index contributed by atoms with van der Waals surface area (Å²) in [4.78, 5) is 37.0. The van der Waals surface area contributed by atoms with Gasteiger partial charge in [0.05, 0.1) is 28.1 Å². The van der Waals surface area contributed by atoms with Gasteiger partial charge in [-0.25, -0.2) is 4.68 Å². The molecule has 0 saturated carbocycles. The molecule has 1 amide bonds. The second kappa shape index (κ2) is 9.96. The van der Waals surface area contributed by atoms with E-state index in [2.05, 4.69) is 30.7 Å². The number of anilines is 2. The molecule has 0 aliphatic carbocycles. The molecule has 2 N–H and O–H groups in total. The summed E-state index contributed by atoms with van der Waals surface area (Å²) in [6.07, 6.45) is 4.88. The van der Waals surface area contributed by atoms with E-state index in [0.717, 1.165) is 5.56 Å². The van der Waals surface area contributed by atoms with Crippen molar-refractivity contribution in [2.75, 3.05) is 10.6 Å². The number of hydrogen-bond donors (Lipinski definition) is 2. The highest BCUT2D eigenvalue weighted by Crippen LogP contribution is 2.36. The molecule has 1 aromatic carbocycles. The number of non-ortho nitro benzene ring substituents is 1. The minimum Gasteiger partial charge on any atom is -0.328 e. The topological polar surface area (TPSA) is 141 Å². The van der Waals surface area contributed by atoms with Crippen LogP contribution in [0.1, 0.15) is 24.2 Å². The van der Waals surface area contributed by atoms with Gasteiger partial charge in [-0.15, -0.1) is 5.10 Å². The summed E-state index contributed by atoms with van der Waals surface area (Å²) in [7, 11) is 0. The van der Waals surface area contributed by atoms with Gasteiger partial charge >= 0.3 is 0 Å². The van der Waals surface area contributed by atoms with Crippen molar-refractivity contribution in [1.29, 1.82) is 0 Å². The number of pyridine rings is 2. The number of thioether (sulfide) groups is 1. The molecular weight excluding hydrogens is 480 g/mol. The van der Waals surface area contributed by atoms with E-state index < -0.39 is 11.0 Å². The maximum absolute atomic E-state index is 13.4. The Bertz CT molecular complexity index is 1440. The van der Waals surface area contributed by atoms with Crippen LogP contribution in [0.4, 0.5) is 17.3 Å². The van der Waals surface area contributed by atoms with Crippen LogP contribution in [0.5, 0.6) is 0 Å². The SMILES string of the molecule is CC1=C(C(=O)Nc2cccnc2)C(c2ccccn2)n2nc(SCc3ccc([N+](=O)[O-])cc3)nc2N1. The molecule has 0 bridgehead atoms. The van der Waals surface area contributed by atoms with E-state index >= 15 is 0 Å². The zero-order valence-electron chi connectivity index (χ0n) is 19.0. The average molecular weight is 501 g/mol. The number of allylic oxidation sites excluding steroid dienone is 1. The van der Waals surface area contributed by atoms with Crippen LogP contribution in [0.3, 0.4) is 0 Å². The largest absolute Gasteiger partial charge is 0.328 e. The lowest BCUT2D eigenvalue weighted by Gasteiger charge is -2.27. The minimum absolute atomic E-state index is 0.0420. The fourth-order valence-electron chi connectivity index (χ4n) is 3.79. The Morgan fingerprint density at radius 1 is 1.17 bits per heavy atom. The fourth-order valence-corrected chi connectivity index (χ4v) is 4.58. The fraction of sp³-hybridized carbons (Fsp3) is 0.125. The maximum Gasteiger partial charge on any atom is 0.269 e. The first kappa shape index (κ1) is 23.2. The second-order valence-corrected chi connectivity index (χ2v) is 8.83. The van der Waals surface area contributed by atoms with Gasteiger partial charge in [0.15, 0.2) is 0 Å². The Hall–Kier alpha value is -4.58. The van der Waals surface area contributed by atoms with Gasteiger partial charge in [0.2, 0.25) is 11.1 Å². The molecule has 4 aromatic rings. The molecule has 1 unspecified atom stereocenters. The number of carbonyl (C=O) groups is 1. The van der Waals surface area contributed by atoms with Crippen molar-refractivity contribution >= 4 is 35.0 Å². The summed E-state index contributed by atoms with van der Waals surface area (Å²) >= 11 is 1.39. The normalized spacial score (nSPS) is 14.6. The van der Waals surface area contributed by atoms with E-state index in [4.69, 9.17) is 0 Å². The molecule has 1 atom stereocenters. The van der Waals surface area contributed by atoms with Crippen LogP contribution in [-0.4, -0.2) is 35.6 Å². The van der Waals surface area contributed by atoms with E-state index in [1.54, 1.807) is 47.5 Å². The van der Waals surface area contributed by atoms with Gasteiger partial charge in [-0.2, -0.15) is 4.98 Å². The molecular formula is C24H20N8O3S. The number of hydrogen-bond acceptors (Lipinski definition) is 9. The minimum atomic E-state index is -0.597. The molecule has 4 heterocycles. The molecule has 1 aliphatic heterocycles. The molecule has 0 saturated heterocycles. The first-order chi connectivity index (χ1) is 17.5. The predicted molar refractivity (Wildman–Crippen MR) is 134 cm³/mol. The Morgan fingerprint density at radius 3 is 2.69 bits per heavy atom. The van der Waals surface area contributed by atoms with Crippen molar-refractivity contribution in [2.45, 2.75) is 23.9 Å². The summed E-state index contributed by atoms with van der Waals surface area (Å²) in [6.45, 7) is 1.82. The van der Waals surface area contributed by atoms with Crippen LogP contribution < -0.4 is 10.6 Å². The summed E-state index contributed by atoms with van der Waals surface area (Å²) in [5, 5.41) is 22.1. The van der Waals surface area contributed by atoms with Crippen LogP contribution in [0.2, 0.25) is 0 Å². The molecule has 0 fully saturated rings. The molecule has 0 radical (unpaired) electrons. The van der Waals surface area contributed by atoms with Gasteiger partial charge in [0.25, 0.3) is 11.6 Å². The number of nitrogens with one attached hydrogen (secondary N) is 2. The van der Waals surface area contributed by atoms with Crippen LogP contribution in [0, 0.1) is 10.1 Å². The van der Waals surface area contributed by atoms with Gasteiger partial charge in [-0.3, -0.25) is 24.9 Å². The third kappa shape index (κ3) is 4.79. The maximum atomic E-state index is 13.4. The van der Waals surface area contributed by atoms with Crippen LogP contribution >= 0.6 is 11.8 Å². The third-order valence-corrected chi connectivity index (χ3v) is 6.39. The van der Waals surface area contributed by atoms with Crippen molar-refractivity contribution in [3.63, 3.8) is 0 Å². The highest BCUT2D eigenvalue weighted by Gasteiger charge is 2.35. The zero-order chi connectivity index (χ0) is 25.1. The van der Waals surface area contributed by atoms with Gasteiger partial charge in [-0.1, -0.05) is 30.0 Å². The standard InChI is InChI=1S/C24H20N8O3S/c1-15-20(22(33)28-17-5-4-11-25-13-17)21(19-6-2-3-12-26-19)31-23(27-15)29-24(30-31)36-14-16-7-9-18(10-8-16)32(34)35/h2-13,21H,14H2,1H3,(H,28,33)(H,27,29,30). The number of fused-ring (bicyclic) bond motifs is 1. The van der Waals surface area contributed by atoms with Gasteiger partial charge in [-0.05, 0) is 36.8 Å². The Labute approximate surface area is 209 Å². The van der Waals surface area contributed by atoms with Crippen LogP contribution in [0.25, 0.3) is 0 Å². The molecule has 180 valence electrons. The number of carbonyl (C=O) groups excluding carboxylic acids is 1. The van der Waals surface area contributed by atoms with Crippen molar-refractivity contribution in [2.24, 2.45) is 0 Å². The van der Waals surface area contributed by atoms with Crippen molar-refractivity contribution in [3.8, 4) is 0 Å². The van der Waals surface area contributed by atoms with Crippen LogP contribution in [0.15, 0.2) is 89.6 Å². The Morgan fingerprint density at radius 2 is 2.00 bits per heavy atom. The monoisotopic (exact) mass is 500 g/mol. The summed E-state index contributed by atoms with van der Waals surface area (Å²) in [5.74, 6) is 0.716. The number of nitro groups is 1. The summed E-state index contributed by atoms with van der Waals surface area (Å²) in [6, 6.07) is 14.8. The highest BCUT2D eigenvalue weighted by molar-refractivity contribution is 7.98. The van der Waals surface area contributed by atoms with Crippen molar-refractivity contribution in [1.82, 2.24) is 24.7 Å². The summed E-state index contributed by atoms with van der Waals surface area (Å²) < 4.78 is 1.66. The molecule has 0 spiro atoms. The van der Waals surface area contributed by atoms with E-state index in [9.17, 15) is 14.9 Å². The average Bonchev–Trinajstić information content (AvgIpc) is 3.30. The zero-order valence-corrected chi connectivity index (χ0v) is 19.8. The molecule has 3 aromatic heterocycles. The first-order valence-electron chi connectivity index (χ1n) is 10.9. The highest BCUT2D eigenvalue weighted by atomic mass is 32.2. The lowest BCUT2D eigenvalue weighted by molar-refractivity contribution is -0.384. The van der Waals surface area contributed by atoms with Gasteiger partial charge in [0, 0.05) is 36.0 Å². The molecule has 36 heavy (non-hydrogen) atoms. The third-order valence-electron chi connectivity index (χ3n) is 5.48. The number of rotatable bonds is 7. The first-order valence-corrected chi connectivity index (χ1v) is 11.9. The molecule has 5 rings (SSSR count). The molecule has 11 nitrogen and oxygen atoms in total. The van der Waals surface area contributed by atoms with E-state index in [0.29, 0.717) is 39.5 Å². The lowest BCUT2D eigenvalue weighted by Crippen LogP contribution is -2.32. The van der Waals surface area contributed by atoms with Gasteiger partial charge < -0.3 is 10.6 Å². The number of aromatic nitrogens is 5. The quantitative estimate of drug-likeness (QED) is 0.217. The molecule has 12 heteroatoms. The predicted octanol–water partition coefficient (Wildman–Crippen LogP) is 4.20.